The summed E-state index contributed by atoms with van der Waals surface area (Å²) < 4.78 is 13.6. The maximum absolute atomic E-state index is 13.6. The zero-order valence-electron chi connectivity index (χ0n) is 11.1. The fraction of sp³-hybridized carbons (Fsp3) is 0.385. The number of benzene rings is 1. The van der Waals surface area contributed by atoms with Crippen LogP contribution in [0.1, 0.15) is 18.9 Å². The molecule has 1 rings (SSSR count). The standard InChI is InChI=1S/C13H17ClFN3O2/c1-2-18(7-6-12(16)17-20)13(19)8-9-10(14)4-3-5-11(9)15/h3-5,20H,2,6-8H2,1H3,(H2,16,17). The summed E-state index contributed by atoms with van der Waals surface area (Å²) in [6.45, 7) is 2.55. The summed E-state index contributed by atoms with van der Waals surface area (Å²) in [4.78, 5) is 13.6. The second kappa shape index (κ2) is 7.69. The van der Waals surface area contributed by atoms with E-state index in [9.17, 15) is 9.18 Å². The molecule has 0 aliphatic rings. The molecule has 1 aromatic rings. The number of carbonyl (C=O) groups is 1. The molecule has 0 fully saturated rings. The van der Waals surface area contributed by atoms with Crippen LogP contribution in [-0.2, 0) is 11.2 Å². The highest BCUT2D eigenvalue weighted by Crippen LogP contribution is 2.20. The molecule has 1 aromatic carbocycles. The Morgan fingerprint density at radius 2 is 2.25 bits per heavy atom. The maximum atomic E-state index is 13.6. The van der Waals surface area contributed by atoms with Crippen molar-refractivity contribution < 1.29 is 14.4 Å². The van der Waals surface area contributed by atoms with E-state index in [0.29, 0.717) is 13.1 Å². The van der Waals surface area contributed by atoms with E-state index < -0.39 is 5.82 Å². The Kier molecular flexibility index (Phi) is 6.24. The lowest BCUT2D eigenvalue weighted by Crippen LogP contribution is -2.35. The Balaban J connectivity index is 2.73. The lowest BCUT2D eigenvalue weighted by molar-refractivity contribution is -0.130. The molecule has 0 aromatic heterocycles. The van der Waals surface area contributed by atoms with E-state index in [0.717, 1.165) is 0 Å². The lowest BCUT2D eigenvalue weighted by atomic mass is 10.1. The molecular formula is C13H17ClFN3O2. The average Bonchev–Trinajstić information content (AvgIpc) is 2.43. The van der Waals surface area contributed by atoms with Crippen LogP contribution in [0.4, 0.5) is 4.39 Å². The van der Waals surface area contributed by atoms with Crippen molar-refractivity contribution in [1.29, 1.82) is 0 Å². The van der Waals surface area contributed by atoms with Gasteiger partial charge in [0.25, 0.3) is 0 Å². The van der Waals surface area contributed by atoms with Gasteiger partial charge < -0.3 is 15.8 Å². The number of oxime groups is 1. The minimum absolute atomic E-state index is 0.0418. The summed E-state index contributed by atoms with van der Waals surface area (Å²) in [6, 6.07) is 4.29. The normalized spacial score (nSPS) is 11.4. The van der Waals surface area contributed by atoms with Gasteiger partial charge in [-0.05, 0) is 19.1 Å². The van der Waals surface area contributed by atoms with E-state index in [1.54, 1.807) is 13.0 Å². The number of rotatable bonds is 6. The van der Waals surface area contributed by atoms with Gasteiger partial charge in [-0.2, -0.15) is 0 Å². The first-order valence-corrected chi connectivity index (χ1v) is 6.54. The summed E-state index contributed by atoms with van der Waals surface area (Å²) in [7, 11) is 0. The summed E-state index contributed by atoms with van der Waals surface area (Å²) in [6.07, 6.45) is 0.136. The van der Waals surface area contributed by atoms with Crippen molar-refractivity contribution in [2.75, 3.05) is 13.1 Å². The summed E-state index contributed by atoms with van der Waals surface area (Å²) in [5.41, 5.74) is 5.54. The number of hydrogen-bond acceptors (Lipinski definition) is 3. The van der Waals surface area contributed by atoms with Crippen molar-refractivity contribution in [3.63, 3.8) is 0 Å². The summed E-state index contributed by atoms with van der Waals surface area (Å²) in [5.74, 6) is -0.719. The van der Waals surface area contributed by atoms with Gasteiger partial charge in [-0.1, -0.05) is 22.8 Å². The highest BCUT2D eigenvalue weighted by atomic mass is 35.5. The first-order chi connectivity index (χ1) is 9.49. The minimum atomic E-state index is -0.502. The second-order valence-corrected chi connectivity index (χ2v) is 4.60. The molecule has 5 nitrogen and oxygen atoms in total. The van der Waals surface area contributed by atoms with Crippen LogP contribution in [0.5, 0.6) is 0 Å². The van der Waals surface area contributed by atoms with Gasteiger partial charge in [0.1, 0.15) is 11.7 Å². The summed E-state index contributed by atoms with van der Waals surface area (Å²) >= 11 is 5.89. The molecule has 0 aliphatic carbocycles. The van der Waals surface area contributed by atoms with Crippen molar-refractivity contribution in [3.05, 3.63) is 34.6 Å². The van der Waals surface area contributed by atoms with E-state index in [1.165, 1.54) is 17.0 Å². The smallest absolute Gasteiger partial charge is 0.227 e. The van der Waals surface area contributed by atoms with Gasteiger partial charge in [-0.15, -0.1) is 0 Å². The van der Waals surface area contributed by atoms with Gasteiger partial charge in [-0.25, -0.2) is 4.39 Å². The first-order valence-electron chi connectivity index (χ1n) is 6.16. The number of hydrogen-bond donors (Lipinski definition) is 2. The van der Waals surface area contributed by atoms with Gasteiger partial charge in [0.2, 0.25) is 5.91 Å². The molecule has 0 saturated heterocycles. The van der Waals surface area contributed by atoms with Gasteiger partial charge in [0.05, 0.1) is 6.42 Å². The Labute approximate surface area is 121 Å². The predicted octanol–water partition coefficient (Wildman–Crippen LogP) is 2.01. The maximum Gasteiger partial charge on any atom is 0.227 e. The largest absolute Gasteiger partial charge is 0.409 e. The number of nitrogens with two attached hydrogens (primary N) is 1. The molecule has 0 bridgehead atoms. The molecule has 0 saturated carbocycles. The van der Waals surface area contributed by atoms with E-state index in [4.69, 9.17) is 22.5 Å². The second-order valence-electron chi connectivity index (χ2n) is 4.19. The van der Waals surface area contributed by atoms with Gasteiger partial charge in [0, 0.05) is 30.1 Å². The molecule has 20 heavy (non-hydrogen) atoms. The predicted molar refractivity (Wildman–Crippen MR) is 75.4 cm³/mol. The number of halogens is 2. The third-order valence-electron chi connectivity index (χ3n) is 2.89. The lowest BCUT2D eigenvalue weighted by Gasteiger charge is -2.21. The van der Waals surface area contributed by atoms with Crippen molar-refractivity contribution in [2.24, 2.45) is 10.9 Å². The molecule has 110 valence electrons. The van der Waals surface area contributed by atoms with Crippen LogP contribution in [0, 0.1) is 5.82 Å². The molecule has 0 atom stereocenters. The van der Waals surface area contributed by atoms with Gasteiger partial charge in [0.15, 0.2) is 0 Å². The van der Waals surface area contributed by atoms with E-state index in [2.05, 4.69) is 5.16 Å². The average molecular weight is 302 g/mol. The molecule has 0 unspecified atom stereocenters. The molecular weight excluding hydrogens is 285 g/mol. The van der Waals surface area contributed by atoms with Crippen molar-refractivity contribution >= 4 is 23.3 Å². The molecule has 7 heteroatoms. The number of amidine groups is 1. The Morgan fingerprint density at radius 1 is 1.55 bits per heavy atom. The van der Waals surface area contributed by atoms with Crippen molar-refractivity contribution in [3.8, 4) is 0 Å². The zero-order chi connectivity index (χ0) is 15.1. The topological polar surface area (TPSA) is 78.9 Å². The van der Waals surface area contributed by atoms with Crippen LogP contribution >= 0.6 is 11.6 Å². The molecule has 0 heterocycles. The molecule has 0 aliphatic heterocycles. The minimum Gasteiger partial charge on any atom is -0.409 e. The van der Waals surface area contributed by atoms with Crippen molar-refractivity contribution in [1.82, 2.24) is 4.90 Å². The zero-order valence-corrected chi connectivity index (χ0v) is 11.9. The van der Waals surface area contributed by atoms with Crippen LogP contribution < -0.4 is 5.73 Å². The number of carbonyl (C=O) groups excluding carboxylic acids is 1. The third-order valence-corrected chi connectivity index (χ3v) is 3.24. The van der Waals surface area contributed by atoms with E-state index in [1.807, 2.05) is 0 Å². The van der Waals surface area contributed by atoms with Crippen LogP contribution in [0.3, 0.4) is 0 Å². The van der Waals surface area contributed by atoms with Crippen LogP contribution in [0.2, 0.25) is 5.02 Å². The van der Waals surface area contributed by atoms with E-state index >= 15 is 0 Å². The number of nitrogens with zero attached hydrogens (tertiary/aromatic N) is 2. The number of likely N-dealkylation sites (N-methyl/N-ethyl adjacent to an activating group) is 1. The highest BCUT2D eigenvalue weighted by molar-refractivity contribution is 6.31. The van der Waals surface area contributed by atoms with E-state index in [-0.39, 0.29) is 35.2 Å². The highest BCUT2D eigenvalue weighted by Gasteiger charge is 2.17. The fourth-order valence-corrected chi connectivity index (χ4v) is 1.95. The molecule has 0 radical (unpaired) electrons. The monoisotopic (exact) mass is 301 g/mol. The quantitative estimate of drug-likeness (QED) is 0.365. The van der Waals surface area contributed by atoms with Crippen molar-refractivity contribution in [2.45, 2.75) is 19.8 Å². The SMILES string of the molecule is CCN(CCC(N)=NO)C(=O)Cc1c(F)cccc1Cl. The number of amides is 1. The fourth-order valence-electron chi connectivity index (χ4n) is 1.72. The molecule has 3 N–H and O–H groups in total. The Morgan fingerprint density at radius 3 is 2.80 bits per heavy atom. The summed E-state index contributed by atoms with van der Waals surface area (Å²) in [5, 5.41) is 11.5. The first kappa shape index (κ1) is 16.2. The van der Waals surface area contributed by atoms with Gasteiger partial charge in [-0.3, -0.25) is 4.79 Å². The molecule has 0 spiro atoms. The Hall–Kier alpha value is -1.82. The van der Waals surface area contributed by atoms with Gasteiger partial charge >= 0.3 is 0 Å². The third kappa shape index (κ3) is 4.38. The Bertz CT molecular complexity index is 488. The van der Waals surface area contributed by atoms with Crippen LogP contribution in [-0.4, -0.2) is 34.9 Å². The van der Waals surface area contributed by atoms with Crippen LogP contribution in [0.25, 0.3) is 0 Å². The molecule has 1 amide bonds. The van der Waals surface area contributed by atoms with Crippen LogP contribution in [0.15, 0.2) is 23.4 Å².